The van der Waals surface area contributed by atoms with Crippen molar-refractivity contribution in [2.24, 2.45) is 0 Å². The molecule has 34 heavy (non-hydrogen) atoms. The van der Waals surface area contributed by atoms with Crippen LogP contribution < -0.4 is 5.32 Å². The zero-order chi connectivity index (χ0) is 25.0. The summed E-state index contributed by atoms with van der Waals surface area (Å²) in [5, 5.41) is 3.23. The van der Waals surface area contributed by atoms with Crippen molar-refractivity contribution in [1.82, 2.24) is 20.0 Å². The number of nitrogens with one attached hydrogen (secondary N) is 1. The van der Waals surface area contributed by atoms with Gasteiger partial charge in [-0.15, -0.1) is 0 Å². The highest BCUT2D eigenvalue weighted by molar-refractivity contribution is 5.71. The molecule has 1 unspecified atom stereocenters. The summed E-state index contributed by atoms with van der Waals surface area (Å²) >= 11 is 0. The number of esters is 1. The molecule has 8 heteroatoms. The Morgan fingerprint density at radius 2 is 1.76 bits per heavy atom. The predicted molar refractivity (Wildman–Crippen MR) is 137 cm³/mol. The van der Waals surface area contributed by atoms with Crippen molar-refractivity contribution in [3.63, 3.8) is 0 Å². The fraction of sp³-hybridized carbons (Fsp3) is 0.846. The molecule has 3 heterocycles. The Kier molecular flexibility index (Phi) is 17.3. The van der Waals surface area contributed by atoms with Gasteiger partial charge in [0.25, 0.3) is 0 Å². The van der Waals surface area contributed by atoms with Crippen LogP contribution in [0.2, 0.25) is 0 Å². The first-order valence-electron chi connectivity index (χ1n) is 13.5. The Morgan fingerprint density at radius 3 is 2.38 bits per heavy atom. The van der Waals surface area contributed by atoms with E-state index in [0.717, 1.165) is 84.3 Å². The minimum Gasteiger partial charge on any atom is -0.464 e. The highest BCUT2D eigenvalue weighted by atomic mass is 16.5. The lowest BCUT2D eigenvalue weighted by Crippen LogP contribution is -2.48. The van der Waals surface area contributed by atoms with Gasteiger partial charge in [0.05, 0.1) is 26.0 Å². The fourth-order valence-corrected chi connectivity index (χ4v) is 4.34. The van der Waals surface area contributed by atoms with Gasteiger partial charge in [0.1, 0.15) is 6.54 Å². The van der Waals surface area contributed by atoms with Crippen LogP contribution in [0.4, 0.5) is 0 Å². The minimum atomic E-state index is -0.124. The van der Waals surface area contributed by atoms with Gasteiger partial charge in [0, 0.05) is 44.6 Å². The molecule has 2 saturated heterocycles. The number of ether oxygens (including phenoxy) is 2. The second-order valence-electron chi connectivity index (χ2n) is 8.76. The zero-order valence-corrected chi connectivity index (χ0v) is 22.2. The maximum absolute atomic E-state index is 11.7. The van der Waals surface area contributed by atoms with Crippen LogP contribution in [-0.4, -0.2) is 91.8 Å². The van der Waals surface area contributed by atoms with Crippen LogP contribution in [0.3, 0.4) is 0 Å². The van der Waals surface area contributed by atoms with Crippen molar-refractivity contribution in [3.8, 4) is 0 Å². The lowest BCUT2D eigenvalue weighted by Gasteiger charge is -2.39. The number of morpholine rings is 1. The zero-order valence-electron chi connectivity index (χ0n) is 22.2. The molecule has 0 spiro atoms. The molecule has 0 aromatic carbocycles. The number of rotatable bonds is 11. The van der Waals surface area contributed by atoms with Crippen molar-refractivity contribution in [3.05, 3.63) is 12.4 Å². The first kappa shape index (κ1) is 30.2. The maximum Gasteiger partial charge on any atom is 0.325 e. The molecule has 0 saturated carbocycles. The molecule has 3 aliphatic heterocycles. The minimum absolute atomic E-state index is 0.124. The highest BCUT2D eigenvalue weighted by Gasteiger charge is 2.25. The monoisotopic (exact) mass is 482 g/mol. The topological polar surface area (TPSA) is 74.4 Å². The fourth-order valence-electron chi connectivity index (χ4n) is 4.34. The van der Waals surface area contributed by atoms with Crippen molar-refractivity contribution < 1.29 is 19.1 Å². The van der Waals surface area contributed by atoms with E-state index in [0.29, 0.717) is 19.2 Å². The lowest BCUT2D eigenvalue weighted by atomic mass is 10.0. The molecule has 0 radical (unpaired) electrons. The third kappa shape index (κ3) is 12.1. The predicted octanol–water partition coefficient (Wildman–Crippen LogP) is 3.58. The van der Waals surface area contributed by atoms with Gasteiger partial charge in [0.15, 0.2) is 0 Å². The molecule has 0 aromatic heterocycles. The van der Waals surface area contributed by atoms with Crippen LogP contribution in [-0.2, 0) is 19.1 Å². The number of hydrogen-bond acceptors (Lipinski definition) is 7. The van der Waals surface area contributed by atoms with Crippen molar-refractivity contribution in [2.75, 3.05) is 52.5 Å². The number of carbonyl (C=O) groups excluding carboxylic acids is 2. The van der Waals surface area contributed by atoms with Crippen LogP contribution in [0.15, 0.2) is 12.4 Å². The molecule has 0 bridgehead atoms. The van der Waals surface area contributed by atoms with E-state index < -0.39 is 0 Å². The van der Waals surface area contributed by atoms with Gasteiger partial charge in [0.2, 0.25) is 6.41 Å². The van der Waals surface area contributed by atoms with Gasteiger partial charge in [-0.3, -0.25) is 14.5 Å². The van der Waals surface area contributed by atoms with E-state index in [2.05, 4.69) is 24.1 Å². The number of likely N-dealkylation sites (tertiary alicyclic amines) is 1. The first-order chi connectivity index (χ1) is 16.7. The van der Waals surface area contributed by atoms with E-state index in [1.165, 1.54) is 12.8 Å². The number of amides is 1. The molecule has 1 N–H and O–H groups in total. The number of hydrogen-bond donors (Lipinski definition) is 1. The Morgan fingerprint density at radius 1 is 1.06 bits per heavy atom. The molecular formula is C26H50N4O4. The first-order valence-corrected chi connectivity index (χ1v) is 13.5. The number of nitrogens with zero attached hydrogens (tertiary/aromatic N) is 3. The van der Waals surface area contributed by atoms with Crippen molar-refractivity contribution in [2.45, 2.75) is 91.3 Å². The third-order valence-electron chi connectivity index (χ3n) is 6.30. The summed E-state index contributed by atoms with van der Waals surface area (Å²) in [7, 11) is 0. The quantitative estimate of drug-likeness (QED) is 0.274. The van der Waals surface area contributed by atoms with Gasteiger partial charge in [-0.25, -0.2) is 0 Å². The molecule has 2 fully saturated rings. The smallest absolute Gasteiger partial charge is 0.325 e. The average Bonchev–Trinajstić information content (AvgIpc) is 3.32. The van der Waals surface area contributed by atoms with Crippen LogP contribution in [0.1, 0.15) is 79.1 Å². The van der Waals surface area contributed by atoms with Crippen LogP contribution in [0, 0.1) is 0 Å². The summed E-state index contributed by atoms with van der Waals surface area (Å²) in [6.07, 6.45) is 14.0. The van der Waals surface area contributed by atoms with Gasteiger partial charge >= 0.3 is 5.97 Å². The molecular weight excluding hydrogens is 432 g/mol. The summed E-state index contributed by atoms with van der Waals surface area (Å²) in [5.74, 6) is -0.124. The van der Waals surface area contributed by atoms with E-state index in [9.17, 15) is 9.59 Å². The summed E-state index contributed by atoms with van der Waals surface area (Å²) in [6, 6.07) is 0.676. The van der Waals surface area contributed by atoms with E-state index in [-0.39, 0.29) is 12.1 Å². The number of unbranched alkanes of at least 4 members (excludes halogenated alkanes) is 3. The van der Waals surface area contributed by atoms with Gasteiger partial charge in [-0.05, 0) is 25.7 Å². The molecule has 1 amide bonds. The van der Waals surface area contributed by atoms with Crippen LogP contribution in [0.25, 0.3) is 0 Å². The van der Waals surface area contributed by atoms with Crippen LogP contribution in [0.5, 0.6) is 0 Å². The van der Waals surface area contributed by atoms with E-state index in [4.69, 9.17) is 9.47 Å². The molecule has 198 valence electrons. The lowest BCUT2D eigenvalue weighted by molar-refractivity contribution is -0.144. The van der Waals surface area contributed by atoms with Crippen LogP contribution >= 0.6 is 0 Å². The second-order valence-corrected chi connectivity index (χ2v) is 8.76. The largest absolute Gasteiger partial charge is 0.464 e. The standard InChI is InChI=1S/C14H26N2O2.C10H18N2O2.C2H6/c1-3-5-6-7-11-18-14(17)12-16-10-9-15-13(16)8-4-2;13-9-11-3-1-10(2-4-11)12-5-7-14-8-6-12;1-2/h9-10,13,15H,3-8,11-12H2,1-2H3;9-10H,1-8H2;1-2H3. The molecule has 0 aromatic rings. The van der Waals surface area contributed by atoms with Gasteiger partial charge in [-0.2, -0.15) is 0 Å². The Balaban J connectivity index is 0.000000324. The Bertz CT molecular complexity index is 547. The van der Waals surface area contributed by atoms with E-state index in [1.807, 2.05) is 36.0 Å². The molecule has 1 atom stereocenters. The molecule has 3 aliphatic rings. The summed E-state index contributed by atoms with van der Waals surface area (Å²) in [5.41, 5.74) is 0. The molecule has 8 nitrogen and oxygen atoms in total. The SMILES string of the molecule is CC.CCCCCCOC(=O)CN1C=CNC1CCC.O=CN1CCC(N2CCOCC2)CC1. The number of carbonyl (C=O) groups is 2. The third-order valence-corrected chi connectivity index (χ3v) is 6.30. The van der Waals surface area contributed by atoms with Gasteiger partial charge in [-0.1, -0.05) is 53.4 Å². The molecule has 0 aliphatic carbocycles. The average molecular weight is 483 g/mol. The second kappa shape index (κ2) is 19.5. The Labute approximate surface area is 208 Å². The maximum atomic E-state index is 11.7. The normalized spacial score (nSPS) is 20.5. The summed E-state index contributed by atoms with van der Waals surface area (Å²) in [6.45, 7) is 14.9. The van der Waals surface area contributed by atoms with E-state index in [1.54, 1.807) is 0 Å². The molecule has 3 rings (SSSR count). The number of piperidine rings is 1. The Hall–Kier alpha value is -1.80. The van der Waals surface area contributed by atoms with Crippen molar-refractivity contribution in [1.29, 1.82) is 0 Å². The summed E-state index contributed by atoms with van der Waals surface area (Å²) in [4.78, 5) is 28.6. The van der Waals surface area contributed by atoms with E-state index >= 15 is 0 Å². The van der Waals surface area contributed by atoms with Gasteiger partial charge < -0.3 is 24.6 Å². The van der Waals surface area contributed by atoms with Crippen molar-refractivity contribution >= 4 is 12.4 Å². The highest BCUT2D eigenvalue weighted by Crippen LogP contribution is 2.16. The summed E-state index contributed by atoms with van der Waals surface area (Å²) < 4.78 is 10.6.